The molecule has 5 heteroatoms. The molecule has 0 radical (unpaired) electrons. The van der Waals surface area contributed by atoms with Crippen LogP contribution in [0.15, 0.2) is 84.4 Å². The van der Waals surface area contributed by atoms with Gasteiger partial charge in [0.2, 0.25) is 0 Å². The van der Waals surface area contributed by atoms with Gasteiger partial charge in [0.25, 0.3) is 5.91 Å². The van der Waals surface area contributed by atoms with Gasteiger partial charge in [-0.3, -0.25) is 4.79 Å². The Hall–Kier alpha value is -2.52. The van der Waals surface area contributed by atoms with Gasteiger partial charge in [-0.25, -0.2) is 0 Å². The number of hydrogen-bond donors (Lipinski definition) is 0. The van der Waals surface area contributed by atoms with Crippen molar-refractivity contribution in [3.05, 3.63) is 116 Å². The molecule has 0 saturated heterocycles. The molecule has 1 aliphatic rings. The number of amides is 1. The van der Waals surface area contributed by atoms with Crippen LogP contribution in [0.2, 0.25) is 15.1 Å². The molecule has 0 unspecified atom stereocenters. The van der Waals surface area contributed by atoms with Crippen molar-refractivity contribution >= 4 is 52.5 Å². The third-order valence-electron chi connectivity index (χ3n) is 4.70. The minimum absolute atomic E-state index is 0.102. The van der Waals surface area contributed by atoms with Crippen LogP contribution in [-0.2, 0) is 11.3 Å². The molecule has 0 atom stereocenters. The fraction of sp³-hybridized carbons (Fsp3) is 0.0417. The van der Waals surface area contributed by atoms with Crippen molar-refractivity contribution in [3.8, 4) is 0 Å². The van der Waals surface area contributed by atoms with Crippen LogP contribution >= 0.6 is 34.8 Å². The van der Waals surface area contributed by atoms with Gasteiger partial charge in [-0.15, -0.1) is 0 Å². The maximum atomic E-state index is 13.3. The Balaban J connectivity index is 1.78. The molecule has 4 rings (SSSR count). The Labute approximate surface area is 184 Å². The second-order valence-corrected chi connectivity index (χ2v) is 7.90. The first-order chi connectivity index (χ1) is 14.0. The quantitative estimate of drug-likeness (QED) is 0.396. The summed E-state index contributed by atoms with van der Waals surface area (Å²) in [6, 6.07) is 22.6. The van der Waals surface area contributed by atoms with Crippen LogP contribution in [0.1, 0.15) is 16.7 Å². The van der Waals surface area contributed by atoms with Gasteiger partial charge < -0.3 is 4.90 Å². The fourth-order valence-corrected chi connectivity index (χ4v) is 3.88. The van der Waals surface area contributed by atoms with Crippen molar-refractivity contribution < 1.29 is 4.79 Å². The summed E-state index contributed by atoms with van der Waals surface area (Å²) in [5, 5.41) is 1.65. The minimum Gasteiger partial charge on any atom is -0.303 e. The SMILES string of the molecule is O=C1/C(=C/c2c(Cl)cccc2Cl)C=C(c2ccc(Cl)cc2)N1Cc1ccccc1. The summed E-state index contributed by atoms with van der Waals surface area (Å²) in [7, 11) is 0. The largest absolute Gasteiger partial charge is 0.303 e. The number of carbonyl (C=O) groups is 1. The van der Waals surface area contributed by atoms with E-state index in [1.165, 1.54) is 0 Å². The van der Waals surface area contributed by atoms with Crippen molar-refractivity contribution in [2.45, 2.75) is 6.54 Å². The van der Waals surface area contributed by atoms with E-state index < -0.39 is 0 Å². The number of halogens is 3. The molecule has 0 bridgehead atoms. The third-order valence-corrected chi connectivity index (χ3v) is 5.61. The van der Waals surface area contributed by atoms with E-state index in [2.05, 4.69) is 0 Å². The standard InChI is InChI=1S/C24H16Cl3NO/c25-19-11-9-17(10-12-19)23-14-18(13-20-21(26)7-4-8-22(20)27)24(29)28(23)15-16-5-2-1-3-6-16/h1-14H,15H2/b18-13+. The molecular formula is C24H16Cl3NO. The Morgan fingerprint density at radius 3 is 2.10 bits per heavy atom. The summed E-state index contributed by atoms with van der Waals surface area (Å²) in [5.41, 5.74) is 3.92. The van der Waals surface area contributed by atoms with E-state index in [4.69, 9.17) is 34.8 Å². The van der Waals surface area contributed by atoms with Gasteiger partial charge in [0.1, 0.15) is 0 Å². The van der Waals surface area contributed by atoms with Crippen LogP contribution in [0.25, 0.3) is 11.8 Å². The number of benzene rings is 3. The zero-order valence-corrected chi connectivity index (χ0v) is 17.5. The van der Waals surface area contributed by atoms with Crippen molar-refractivity contribution in [1.82, 2.24) is 4.90 Å². The monoisotopic (exact) mass is 439 g/mol. The number of hydrogen-bond acceptors (Lipinski definition) is 1. The van der Waals surface area contributed by atoms with Gasteiger partial charge in [-0.2, -0.15) is 0 Å². The summed E-state index contributed by atoms with van der Waals surface area (Å²) < 4.78 is 0. The highest BCUT2D eigenvalue weighted by atomic mass is 35.5. The fourth-order valence-electron chi connectivity index (χ4n) is 3.24. The van der Waals surface area contributed by atoms with Crippen molar-refractivity contribution in [2.75, 3.05) is 0 Å². The van der Waals surface area contributed by atoms with E-state index in [1.807, 2.05) is 60.7 Å². The summed E-state index contributed by atoms with van der Waals surface area (Å²) in [5.74, 6) is -0.102. The molecule has 0 fully saturated rings. The molecule has 0 aromatic heterocycles. The van der Waals surface area contributed by atoms with E-state index in [0.29, 0.717) is 32.7 Å². The average molecular weight is 441 g/mol. The van der Waals surface area contributed by atoms with Gasteiger partial charge >= 0.3 is 0 Å². The first-order valence-corrected chi connectivity index (χ1v) is 10.2. The molecule has 0 N–H and O–H groups in total. The lowest BCUT2D eigenvalue weighted by Gasteiger charge is -2.21. The van der Waals surface area contributed by atoms with Crippen LogP contribution in [0.3, 0.4) is 0 Å². The highest BCUT2D eigenvalue weighted by molar-refractivity contribution is 6.37. The molecule has 29 heavy (non-hydrogen) atoms. The number of rotatable bonds is 4. The van der Waals surface area contributed by atoms with Gasteiger partial charge in [0, 0.05) is 26.2 Å². The molecule has 1 heterocycles. The topological polar surface area (TPSA) is 20.3 Å². The smallest absolute Gasteiger partial charge is 0.258 e. The van der Waals surface area contributed by atoms with Gasteiger partial charge in [0.05, 0.1) is 12.2 Å². The predicted octanol–water partition coefficient (Wildman–Crippen LogP) is 7.11. The van der Waals surface area contributed by atoms with E-state index >= 15 is 0 Å². The van der Waals surface area contributed by atoms with Crippen molar-refractivity contribution in [1.29, 1.82) is 0 Å². The molecule has 2 nitrogen and oxygen atoms in total. The molecule has 0 saturated carbocycles. The summed E-state index contributed by atoms with van der Waals surface area (Å²) in [6.07, 6.45) is 3.61. The Bertz CT molecular complexity index is 1100. The van der Waals surface area contributed by atoms with Crippen LogP contribution in [-0.4, -0.2) is 10.8 Å². The van der Waals surface area contributed by atoms with Gasteiger partial charge in [-0.1, -0.05) is 83.3 Å². The Kier molecular flexibility index (Phi) is 5.77. The highest BCUT2D eigenvalue weighted by Crippen LogP contribution is 2.35. The summed E-state index contributed by atoms with van der Waals surface area (Å²) in [4.78, 5) is 15.0. The molecule has 3 aromatic rings. The number of nitrogens with zero attached hydrogens (tertiary/aromatic N) is 1. The van der Waals surface area contributed by atoms with Gasteiger partial charge in [-0.05, 0) is 47.5 Å². The predicted molar refractivity (Wildman–Crippen MR) is 121 cm³/mol. The van der Waals surface area contributed by atoms with Crippen LogP contribution < -0.4 is 0 Å². The zero-order valence-electron chi connectivity index (χ0n) is 15.3. The van der Waals surface area contributed by atoms with Crippen LogP contribution in [0.5, 0.6) is 0 Å². The number of carbonyl (C=O) groups excluding carboxylic acids is 1. The summed E-state index contributed by atoms with van der Waals surface area (Å²) in [6.45, 7) is 0.460. The van der Waals surface area contributed by atoms with Crippen molar-refractivity contribution in [3.63, 3.8) is 0 Å². The van der Waals surface area contributed by atoms with Gasteiger partial charge in [0.15, 0.2) is 0 Å². The molecule has 144 valence electrons. The normalized spacial score (nSPS) is 15.1. The first-order valence-electron chi connectivity index (χ1n) is 9.02. The van der Waals surface area contributed by atoms with E-state index in [-0.39, 0.29) is 5.91 Å². The molecule has 3 aromatic carbocycles. The highest BCUT2D eigenvalue weighted by Gasteiger charge is 2.29. The lowest BCUT2D eigenvalue weighted by molar-refractivity contribution is -0.123. The Morgan fingerprint density at radius 2 is 1.45 bits per heavy atom. The first kappa shape index (κ1) is 19.8. The van der Waals surface area contributed by atoms with Crippen LogP contribution in [0.4, 0.5) is 0 Å². The zero-order chi connectivity index (χ0) is 20.4. The molecule has 1 aliphatic heterocycles. The van der Waals surface area contributed by atoms with E-state index in [0.717, 1.165) is 16.8 Å². The van der Waals surface area contributed by atoms with E-state index in [9.17, 15) is 4.79 Å². The maximum Gasteiger partial charge on any atom is 0.258 e. The average Bonchev–Trinajstić information content (AvgIpc) is 3.02. The lowest BCUT2D eigenvalue weighted by Crippen LogP contribution is -2.25. The molecule has 0 aliphatic carbocycles. The minimum atomic E-state index is -0.102. The lowest BCUT2D eigenvalue weighted by atomic mass is 10.1. The van der Waals surface area contributed by atoms with E-state index in [1.54, 1.807) is 29.2 Å². The van der Waals surface area contributed by atoms with Crippen LogP contribution in [0, 0.1) is 0 Å². The third kappa shape index (κ3) is 4.25. The second kappa shape index (κ2) is 8.46. The summed E-state index contributed by atoms with van der Waals surface area (Å²) >= 11 is 18.6. The molecule has 0 spiro atoms. The second-order valence-electron chi connectivity index (χ2n) is 6.65. The molecule has 1 amide bonds. The maximum absolute atomic E-state index is 13.3. The molecular weight excluding hydrogens is 425 g/mol. The Morgan fingerprint density at radius 1 is 0.793 bits per heavy atom. The van der Waals surface area contributed by atoms with Crippen molar-refractivity contribution in [2.24, 2.45) is 0 Å².